The van der Waals surface area contributed by atoms with Crippen LogP contribution in [0.2, 0.25) is 0 Å². The number of carbonyl (C=O) groups excluding carboxylic acids is 1. The summed E-state index contributed by atoms with van der Waals surface area (Å²) < 4.78 is 16.2. The van der Waals surface area contributed by atoms with Gasteiger partial charge in [-0.15, -0.1) is 0 Å². The fourth-order valence-corrected chi connectivity index (χ4v) is 2.44. The molecule has 0 bridgehead atoms. The summed E-state index contributed by atoms with van der Waals surface area (Å²) in [6.07, 6.45) is 3.36. The summed E-state index contributed by atoms with van der Waals surface area (Å²) in [4.78, 5) is 18.2. The molecule has 120 valence electrons. The van der Waals surface area contributed by atoms with Crippen molar-refractivity contribution in [2.45, 2.75) is 6.10 Å². The molecule has 2 heterocycles. The lowest BCUT2D eigenvalue weighted by Crippen LogP contribution is -2.56. The van der Waals surface area contributed by atoms with Gasteiger partial charge in [0.1, 0.15) is 11.9 Å². The van der Waals surface area contributed by atoms with Crippen LogP contribution in [0.25, 0.3) is 0 Å². The Morgan fingerprint density at radius 1 is 1.17 bits per heavy atom. The van der Waals surface area contributed by atoms with Gasteiger partial charge in [0.2, 0.25) is 0 Å². The molecule has 0 atom stereocenters. The molecule has 0 radical (unpaired) electrons. The van der Waals surface area contributed by atoms with Crippen molar-refractivity contribution in [1.29, 1.82) is 0 Å². The van der Waals surface area contributed by atoms with Crippen LogP contribution in [0.4, 0.5) is 0 Å². The average Bonchev–Trinajstić information content (AvgIpc) is 2.57. The highest BCUT2D eigenvalue weighted by Crippen LogP contribution is 2.29. The molecule has 1 aromatic carbocycles. The van der Waals surface area contributed by atoms with Gasteiger partial charge in [0.25, 0.3) is 5.91 Å². The number of methoxy groups -OCH3 is 2. The van der Waals surface area contributed by atoms with E-state index in [2.05, 4.69) is 4.98 Å². The van der Waals surface area contributed by atoms with Gasteiger partial charge in [-0.3, -0.25) is 9.78 Å². The summed E-state index contributed by atoms with van der Waals surface area (Å²) in [5.41, 5.74) is 0.572. The normalized spacial score (nSPS) is 14.1. The van der Waals surface area contributed by atoms with Crippen LogP contribution < -0.4 is 14.2 Å². The van der Waals surface area contributed by atoms with Crippen molar-refractivity contribution in [3.8, 4) is 17.2 Å². The molecule has 1 aliphatic heterocycles. The second-order valence-electron chi connectivity index (χ2n) is 5.21. The number of likely N-dealkylation sites (tertiary alicyclic amines) is 1. The molecular weight excluding hydrogens is 296 g/mol. The molecular formula is C17H18N2O4. The van der Waals surface area contributed by atoms with E-state index in [4.69, 9.17) is 14.2 Å². The molecule has 1 saturated heterocycles. The van der Waals surface area contributed by atoms with E-state index in [9.17, 15) is 4.79 Å². The van der Waals surface area contributed by atoms with Gasteiger partial charge in [-0.25, -0.2) is 0 Å². The predicted octanol–water partition coefficient (Wildman–Crippen LogP) is 2.00. The Morgan fingerprint density at radius 2 is 1.96 bits per heavy atom. The van der Waals surface area contributed by atoms with Crippen molar-refractivity contribution in [2.24, 2.45) is 0 Å². The molecule has 1 aliphatic rings. The highest BCUT2D eigenvalue weighted by molar-refractivity contribution is 5.95. The summed E-state index contributed by atoms with van der Waals surface area (Å²) in [7, 11) is 3.11. The predicted molar refractivity (Wildman–Crippen MR) is 84.1 cm³/mol. The number of aromatic nitrogens is 1. The van der Waals surface area contributed by atoms with E-state index in [1.54, 1.807) is 49.7 Å². The number of carbonyl (C=O) groups is 1. The maximum absolute atomic E-state index is 12.5. The minimum Gasteiger partial charge on any atom is -0.493 e. The van der Waals surface area contributed by atoms with E-state index >= 15 is 0 Å². The molecule has 6 heteroatoms. The van der Waals surface area contributed by atoms with Crippen LogP contribution in [0.3, 0.4) is 0 Å². The molecule has 1 aromatic heterocycles. The third kappa shape index (κ3) is 3.21. The zero-order valence-electron chi connectivity index (χ0n) is 13.1. The van der Waals surface area contributed by atoms with E-state index < -0.39 is 0 Å². The third-order valence-electron chi connectivity index (χ3n) is 3.70. The summed E-state index contributed by atoms with van der Waals surface area (Å²) in [6, 6.07) is 8.83. The molecule has 1 amide bonds. The standard InChI is InChI=1S/C17H18N2O4/c1-21-15-6-5-12(8-16(15)22-2)17(20)19-10-14(11-19)23-13-4-3-7-18-9-13/h3-9,14H,10-11H2,1-2H3. The van der Waals surface area contributed by atoms with Crippen LogP contribution in [0.5, 0.6) is 17.2 Å². The zero-order chi connectivity index (χ0) is 16.2. The number of rotatable bonds is 5. The summed E-state index contributed by atoms with van der Waals surface area (Å²) in [6.45, 7) is 1.12. The molecule has 1 fully saturated rings. The van der Waals surface area contributed by atoms with Gasteiger partial charge in [-0.1, -0.05) is 0 Å². The van der Waals surface area contributed by atoms with Gasteiger partial charge in [0.15, 0.2) is 11.5 Å². The number of ether oxygens (including phenoxy) is 3. The fraction of sp³-hybridized carbons (Fsp3) is 0.294. The molecule has 0 saturated carbocycles. The summed E-state index contributed by atoms with van der Waals surface area (Å²) in [5, 5.41) is 0. The number of amides is 1. The first-order chi connectivity index (χ1) is 11.2. The molecule has 6 nitrogen and oxygen atoms in total. The van der Waals surface area contributed by atoms with E-state index in [0.717, 1.165) is 5.75 Å². The molecule has 2 aromatic rings. The Hall–Kier alpha value is -2.76. The smallest absolute Gasteiger partial charge is 0.254 e. The second kappa shape index (κ2) is 6.56. The Morgan fingerprint density at radius 3 is 2.61 bits per heavy atom. The van der Waals surface area contributed by atoms with Crippen LogP contribution in [0.15, 0.2) is 42.7 Å². The Balaban J connectivity index is 1.60. The maximum atomic E-state index is 12.5. The van der Waals surface area contributed by atoms with Crippen molar-refractivity contribution >= 4 is 5.91 Å². The topological polar surface area (TPSA) is 60.9 Å². The van der Waals surface area contributed by atoms with Crippen LogP contribution in [-0.2, 0) is 0 Å². The zero-order valence-corrected chi connectivity index (χ0v) is 13.1. The minimum absolute atomic E-state index is 0.00305. The lowest BCUT2D eigenvalue weighted by molar-refractivity contribution is 0.0176. The quantitative estimate of drug-likeness (QED) is 0.845. The lowest BCUT2D eigenvalue weighted by Gasteiger charge is -2.39. The van der Waals surface area contributed by atoms with E-state index in [1.165, 1.54) is 0 Å². The van der Waals surface area contributed by atoms with Crippen molar-refractivity contribution in [1.82, 2.24) is 9.88 Å². The van der Waals surface area contributed by atoms with E-state index in [-0.39, 0.29) is 12.0 Å². The molecule has 0 spiro atoms. The molecule has 0 aliphatic carbocycles. The average molecular weight is 314 g/mol. The maximum Gasteiger partial charge on any atom is 0.254 e. The van der Waals surface area contributed by atoms with Gasteiger partial charge >= 0.3 is 0 Å². The van der Waals surface area contributed by atoms with Crippen LogP contribution in [-0.4, -0.2) is 49.2 Å². The number of hydrogen-bond acceptors (Lipinski definition) is 5. The summed E-state index contributed by atoms with van der Waals surface area (Å²) >= 11 is 0. The molecule has 3 rings (SSSR count). The monoisotopic (exact) mass is 314 g/mol. The third-order valence-corrected chi connectivity index (χ3v) is 3.70. The second-order valence-corrected chi connectivity index (χ2v) is 5.21. The van der Waals surface area contributed by atoms with E-state index in [1.807, 2.05) is 12.1 Å². The van der Waals surface area contributed by atoms with Crippen molar-refractivity contribution < 1.29 is 19.0 Å². The van der Waals surface area contributed by atoms with Crippen molar-refractivity contribution in [3.63, 3.8) is 0 Å². The molecule has 23 heavy (non-hydrogen) atoms. The Kier molecular flexibility index (Phi) is 4.32. The largest absolute Gasteiger partial charge is 0.493 e. The van der Waals surface area contributed by atoms with Gasteiger partial charge in [0, 0.05) is 11.8 Å². The number of hydrogen-bond donors (Lipinski definition) is 0. The van der Waals surface area contributed by atoms with Crippen molar-refractivity contribution in [2.75, 3.05) is 27.3 Å². The van der Waals surface area contributed by atoms with Crippen molar-refractivity contribution in [3.05, 3.63) is 48.3 Å². The molecule has 0 unspecified atom stereocenters. The number of pyridine rings is 1. The summed E-state index contributed by atoms with van der Waals surface area (Å²) in [5.74, 6) is 1.82. The first kappa shape index (κ1) is 15.1. The number of benzene rings is 1. The van der Waals surface area contributed by atoms with Crippen LogP contribution >= 0.6 is 0 Å². The Bertz CT molecular complexity index is 684. The highest BCUT2D eigenvalue weighted by atomic mass is 16.5. The van der Waals surface area contributed by atoms with Gasteiger partial charge in [-0.2, -0.15) is 0 Å². The fourth-order valence-electron chi connectivity index (χ4n) is 2.44. The SMILES string of the molecule is COc1ccc(C(=O)N2CC(Oc3cccnc3)C2)cc1OC. The van der Waals surface area contributed by atoms with Gasteiger partial charge < -0.3 is 19.1 Å². The van der Waals surface area contributed by atoms with Crippen LogP contribution in [0.1, 0.15) is 10.4 Å². The van der Waals surface area contributed by atoms with Gasteiger partial charge in [-0.05, 0) is 30.3 Å². The first-order valence-corrected chi connectivity index (χ1v) is 7.29. The molecule has 0 N–H and O–H groups in total. The van der Waals surface area contributed by atoms with Gasteiger partial charge in [0.05, 0.1) is 33.5 Å². The van der Waals surface area contributed by atoms with E-state index in [0.29, 0.717) is 30.2 Å². The van der Waals surface area contributed by atoms with Crippen LogP contribution in [0, 0.1) is 0 Å². The minimum atomic E-state index is -0.0445. The highest BCUT2D eigenvalue weighted by Gasteiger charge is 2.33. The Labute approximate surface area is 134 Å². The lowest BCUT2D eigenvalue weighted by atomic mass is 10.1. The number of nitrogens with zero attached hydrogens (tertiary/aromatic N) is 2. The first-order valence-electron chi connectivity index (χ1n) is 7.29.